The minimum atomic E-state index is 0.0944. The fourth-order valence-electron chi connectivity index (χ4n) is 8.61. The standard InChI is InChI=1S/C41H29N3S/c1-41(2)33-15-5-3-11-31(33)37-34(41)19-18-30-29-14-8-13-28(39(29)45-40(30)37)27-12-7-9-25(23-43)38(27)44-35-16-6-4-10-26(35)32-21-24(22-42)17-20-36(32)44/h3-21,30,34,37,40H,1-2H3. The lowest BCUT2D eigenvalue weighted by Crippen LogP contribution is -2.32. The Morgan fingerprint density at radius 3 is 2.33 bits per heavy atom. The molecule has 0 bridgehead atoms. The molecule has 4 unspecified atom stereocenters. The summed E-state index contributed by atoms with van der Waals surface area (Å²) in [7, 11) is 0. The summed E-state index contributed by atoms with van der Waals surface area (Å²) in [5.41, 5.74) is 10.8. The molecule has 0 saturated carbocycles. The molecule has 45 heavy (non-hydrogen) atoms. The number of benzene rings is 5. The topological polar surface area (TPSA) is 52.5 Å². The number of nitriles is 2. The van der Waals surface area contributed by atoms with Crippen LogP contribution >= 0.6 is 11.8 Å². The van der Waals surface area contributed by atoms with Gasteiger partial charge in [-0.1, -0.05) is 98.8 Å². The van der Waals surface area contributed by atoms with Gasteiger partial charge >= 0.3 is 0 Å². The van der Waals surface area contributed by atoms with Crippen molar-refractivity contribution in [2.24, 2.45) is 5.92 Å². The highest BCUT2D eigenvalue weighted by atomic mass is 32.2. The van der Waals surface area contributed by atoms with E-state index in [1.807, 2.05) is 54.2 Å². The van der Waals surface area contributed by atoms with E-state index in [9.17, 15) is 10.5 Å². The Balaban J connectivity index is 1.26. The molecule has 214 valence electrons. The van der Waals surface area contributed by atoms with Gasteiger partial charge in [0, 0.05) is 38.3 Å². The first-order valence-corrected chi connectivity index (χ1v) is 16.4. The van der Waals surface area contributed by atoms with Crippen LogP contribution in [-0.2, 0) is 5.41 Å². The van der Waals surface area contributed by atoms with Crippen molar-refractivity contribution in [1.82, 2.24) is 4.57 Å². The van der Waals surface area contributed by atoms with Crippen LogP contribution in [0.4, 0.5) is 0 Å². The third-order valence-electron chi connectivity index (χ3n) is 10.6. The molecule has 0 saturated heterocycles. The summed E-state index contributed by atoms with van der Waals surface area (Å²) < 4.78 is 2.23. The molecule has 6 aromatic rings. The van der Waals surface area contributed by atoms with Crippen LogP contribution in [0.1, 0.15) is 53.5 Å². The van der Waals surface area contributed by atoms with Gasteiger partial charge in [-0.2, -0.15) is 10.5 Å². The van der Waals surface area contributed by atoms with Gasteiger partial charge in [0.05, 0.1) is 33.9 Å². The van der Waals surface area contributed by atoms with Crippen molar-refractivity contribution in [2.45, 2.75) is 41.2 Å². The molecule has 3 nitrogen and oxygen atoms in total. The molecule has 2 heterocycles. The van der Waals surface area contributed by atoms with Gasteiger partial charge < -0.3 is 4.57 Å². The van der Waals surface area contributed by atoms with Crippen LogP contribution in [0, 0.1) is 28.6 Å². The average Bonchev–Trinajstić information content (AvgIpc) is 3.70. The molecule has 0 N–H and O–H groups in total. The van der Waals surface area contributed by atoms with Crippen molar-refractivity contribution in [3.8, 4) is 29.0 Å². The fourth-order valence-corrected chi connectivity index (χ4v) is 10.4. The molecule has 9 rings (SSSR count). The third kappa shape index (κ3) is 3.52. The van der Waals surface area contributed by atoms with E-state index in [1.54, 1.807) is 0 Å². The van der Waals surface area contributed by atoms with Crippen molar-refractivity contribution in [3.05, 3.63) is 143 Å². The summed E-state index contributed by atoms with van der Waals surface area (Å²) in [6.07, 6.45) is 4.98. The van der Waals surface area contributed by atoms with Gasteiger partial charge in [-0.25, -0.2) is 0 Å². The lowest BCUT2D eigenvalue weighted by molar-refractivity contribution is 0.345. The van der Waals surface area contributed by atoms with Gasteiger partial charge in [-0.15, -0.1) is 11.8 Å². The van der Waals surface area contributed by atoms with Gasteiger partial charge in [0.25, 0.3) is 0 Å². The molecule has 0 radical (unpaired) electrons. The van der Waals surface area contributed by atoms with Crippen molar-refractivity contribution in [2.75, 3.05) is 0 Å². The smallest absolute Gasteiger partial charge is 0.101 e. The maximum absolute atomic E-state index is 10.5. The van der Waals surface area contributed by atoms with Crippen LogP contribution in [0.15, 0.2) is 120 Å². The highest BCUT2D eigenvalue weighted by Gasteiger charge is 2.53. The third-order valence-corrected chi connectivity index (χ3v) is 12.1. The van der Waals surface area contributed by atoms with Gasteiger partial charge in [0.2, 0.25) is 0 Å². The number of nitrogens with zero attached hydrogens (tertiary/aromatic N) is 3. The Kier molecular flexibility index (Phi) is 5.56. The number of para-hydroxylation sites is 2. The minimum Gasteiger partial charge on any atom is -0.307 e. The van der Waals surface area contributed by atoms with Crippen LogP contribution < -0.4 is 0 Å². The summed E-state index contributed by atoms with van der Waals surface area (Å²) in [6, 6.07) is 40.9. The highest BCUT2D eigenvalue weighted by molar-refractivity contribution is 8.00. The van der Waals surface area contributed by atoms with Gasteiger partial charge in [0.15, 0.2) is 0 Å². The number of hydrogen-bond acceptors (Lipinski definition) is 3. The van der Waals surface area contributed by atoms with Crippen molar-refractivity contribution >= 4 is 33.6 Å². The Bertz CT molecular complexity index is 2340. The zero-order valence-corrected chi connectivity index (χ0v) is 25.8. The highest BCUT2D eigenvalue weighted by Crippen LogP contribution is 2.64. The zero-order chi connectivity index (χ0) is 30.4. The van der Waals surface area contributed by atoms with E-state index in [4.69, 9.17) is 0 Å². The monoisotopic (exact) mass is 595 g/mol. The SMILES string of the molecule is CC1(C)c2ccccc2C2C3Sc4c(-c5cccc(C#N)c5-n5c6ccccc6c6cc(C#N)ccc65)cccc4C3C=CC21. The Morgan fingerprint density at radius 1 is 0.711 bits per heavy atom. The Labute approximate surface area is 267 Å². The molecular formula is C41H29N3S. The summed E-state index contributed by atoms with van der Waals surface area (Å²) in [5.74, 6) is 1.26. The van der Waals surface area contributed by atoms with Crippen LogP contribution in [0.5, 0.6) is 0 Å². The minimum absolute atomic E-state index is 0.0944. The quantitative estimate of drug-likeness (QED) is 0.187. The van der Waals surface area contributed by atoms with Gasteiger partial charge in [-0.3, -0.25) is 0 Å². The van der Waals surface area contributed by atoms with Crippen LogP contribution in [-0.4, -0.2) is 9.82 Å². The lowest BCUT2D eigenvalue weighted by Gasteiger charge is -2.37. The second kappa shape index (κ2) is 9.48. The van der Waals surface area contributed by atoms with E-state index < -0.39 is 0 Å². The number of thioether (sulfide) groups is 1. The van der Waals surface area contributed by atoms with Crippen molar-refractivity contribution in [1.29, 1.82) is 10.5 Å². The predicted octanol–water partition coefficient (Wildman–Crippen LogP) is 10.0. The van der Waals surface area contributed by atoms with E-state index in [0.717, 1.165) is 33.1 Å². The van der Waals surface area contributed by atoms with E-state index in [2.05, 4.69) is 103 Å². The molecule has 0 fully saturated rings. The van der Waals surface area contributed by atoms with Crippen molar-refractivity contribution < 1.29 is 0 Å². The first-order chi connectivity index (χ1) is 22.0. The fraction of sp³-hybridized carbons (Fsp3) is 0.171. The van der Waals surface area contributed by atoms with E-state index in [0.29, 0.717) is 34.1 Å². The second-order valence-electron chi connectivity index (χ2n) is 13.1. The molecule has 1 aromatic heterocycles. The molecule has 4 atom stereocenters. The van der Waals surface area contributed by atoms with E-state index in [-0.39, 0.29) is 5.41 Å². The second-order valence-corrected chi connectivity index (χ2v) is 14.3. The van der Waals surface area contributed by atoms with Gasteiger partial charge in [0.1, 0.15) is 6.07 Å². The van der Waals surface area contributed by atoms with Crippen LogP contribution in [0.3, 0.4) is 0 Å². The predicted molar refractivity (Wildman–Crippen MR) is 183 cm³/mol. The lowest BCUT2D eigenvalue weighted by atomic mass is 9.69. The first-order valence-electron chi connectivity index (χ1n) is 15.6. The van der Waals surface area contributed by atoms with Crippen LogP contribution in [0.25, 0.3) is 38.6 Å². The molecule has 2 aliphatic carbocycles. The Morgan fingerprint density at radius 2 is 1.47 bits per heavy atom. The summed E-state index contributed by atoms with van der Waals surface area (Å²) in [6.45, 7) is 4.81. The van der Waals surface area contributed by atoms with E-state index >= 15 is 0 Å². The number of allylic oxidation sites excluding steroid dienone is 2. The maximum Gasteiger partial charge on any atom is 0.101 e. The maximum atomic E-state index is 10.5. The molecule has 5 aromatic carbocycles. The van der Waals surface area contributed by atoms with Crippen molar-refractivity contribution in [3.63, 3.8) is 0 Å². The molecule has 0 amide bonds. The zero-order valence-electron chi connectivity index (χ0n) is 25.0. The molecular weight excluding hydrogens is 567 g/mol. The van der Waals surface area contributed by atoms with Crippen LogP contribution in [0.2, 0.25) is 0 Å². The Hall–Kier alpha value is -5.03. The molecule has 3 aliphatic rings. The molecule has 0 spiro atoms. The normalized spacial score (nSPS) is 22.0. The first kappa shape index (κ1) is 26.4. The number of hydrogen-bond donors (Lipinski definition) is 0. The summed E-state index contributed by atoms with van der Waals surface area (Å²) in [5, 5.41) is 22.7. The number of rotatable bonds is 2. The summed E-state index contributed by atoms with van der Waals surface area (Å²) >= 11 is 2.03. The van der Waals surface area contributed by atoms with Gasteiger partial charge in [-0.05, 0) is 63.9 Å². The molecule has 1 aliphatic heterocycles. The van der Waals surface area contributed by atoms with E-state index in [1.165, 1.54) is 27.1 Å². The number of aromatic nitrogens is 1. The molecule has 4 heteroatoms. The summed E-state index contributed by atoms with van der Waals surface area (Å²) in [4.78, 5) is 1.32. The largest absolute Gasteiger partial charge is 0.307 e. The number of fused-ring (bicyclic) bond motifs is 10. The average molecular weight is 596 g/mol.